The second-order valence-electron chi connectivity index (χ2n) is 6.47. The minimum atomic E-state index is 0.459. The number of ether oxygens (including phenoxy) is 2. The second kappa shape index (κ2) is 8.34. The van der Waals surface area contributed by atoms with Gasteiger partial charge in [0.05, 0.1) is 13.7 Å². The molecule has 1 aromatic carbocycles. The molecule has 136 valence electrons. The number of benzene rings is 1. The first-order valence-corrected chi connectivity index (χ1v) is 9.14. The van der Waals surface area contributed by atoms with Crippen molar-refractivity contribution in [2.24, 2.45) is 0 Å². The van der Waals surface area contributed by atoms with E-state index in [1.54, 1.807) is 7.11 Å². The fourth-order valence-corrected chi connectivity index (χ4v) is 3.58. The van der Waals surface area contributed by atoms with Gasteiger partial charge in [-0.2, -0.15) is 0 Å². The van der Waals surface area contributed by atoms with Gasteiger partial charge in [0.1, 0.15) is 12.2 Å². The maximum atomic E-state index is 5.70. The molecule has 0 radical (unpaired) electrons. The number of likely N-dealkylation sites (tertiary alicyclic amines) is 1. The molecule has 1 aliphatic heterocycles. The molecule has 0 spiro atoms. The third kappa shape index (κ3) is 4.12. The van der Waals surface area contributed by atoms with Crippen LogP contribution in [-0.4, -0.2) is 46.5 Å². The summed E-state index contributed by atoms with van der Waals surface area (Å²) in [6, 6.07) is 6.22. The zero-order chi connectivity index (χ0) is 17.6. The third-order valence-corrected chi connectivity index (χ3v) is 4.79. The van der Waals surface area contributed by atoms with E-state index in [0.29, 0.717) is 12.5 Å². The van der Waals surface area contributed by atoms with Crippen LogP contribution in [0.15, 0.2) is 24.5 Å². The summed E-state index contributed by atoms with van der Waals surface area (Å²) in [5.74, 6) is 3.19. The first-order chi connectivity index (χ1) is 12.2. The number of methoxy groups -OCH3 is 1. The van der Waals surface area contributed by atoms with E-state index in [9.17, 15) is 0 Å². The number of rotatable bonds is 7. The highest BCUT2D eigenvalue weighted by molar-refractivity contribution is 5.43. The Labute approximate surface area is 149 Å². The number of nitrogens with zero attached hydrogens (tertiary/aromatic N) is 4. The Morgan fingerprint density at radius 2 is 2.12 bits per heavy atom. The average Bonchev–Trinajstić information content (AvgIpc) is 3.11. The van der Waals surface area contributed by atoms with Crippen molar-refractivity contribution in [2.75, 3.05) is 26.8 Å². The summed E-state index contributed by atoms with van der Waals surface area (Å²) >= 11 is 0. The van der Waals surface area contributed by atoms with Crippen LogP contribution >= 0.6 is 0 Å². The Bertz CT molecular complexity index is 686. The molecule has 25 heavy (non-hydrogen) atoms. The average molecular weight is 344 g/mol. The number of aromatic nitrogens is 3. The lowest BCUT2D eigenvalue weighted by Crippen LogP contribution is -2.34. The smallest absolute Gasteiger partial charge is 0.161 e. The van der Waals surface area contributed by atoms with Crippen LogP contribution < -0.4 is 9.47 Å². The zero-order valence-electron chi connectivity index (χ0n) is 15.4. The van der Waals surface area contributed by atoms with E-state index < -0.39 is 0 Å². The molecule has 2 heterocycles. The lowest BCUT2D eigenvalue weighted by Gasteiger charge is -2.32. The highest BCUT2D eigenvalue weighted by Crippen LogP contribution is 2.30. The van der Waals surface area contributed by atoms with Crippen molar-refractivity contribution < 1.29 is 9.47 Å². The van der Waals surface area contributed by atoms with Crippen molar-refractivity contribution in [1.29, 1.82) is 0 Å². The van der Waals surface area contributed by atoms with Gasteiger partial charge in [-0.1, -0.05) is 6.07 Å². The quantitative estimate of drug-likeness (QED) is 0.772. The number of hydrogen-bond donors (Lipinski definition) is 0. The molecular weight excluding hydrogens is 316 g/mol. The van der Waals surface area contributed by atoms with E-state index in [4.69, 9.17) is 9.47 Å². The molecule has 1 aromatic heterocycles. The summed E-state index contributed by atoms with van der Waals surface area (Å²) in [4.78, 5) is 2.50. The van der Waals surface area contributed by atoms with Gasteiger partial charge in [0.25, 0.3) is 0 Å². The van der Waals surface area contributed by atoms with Crippen molar-refractivity contribution in [3.05, 3.63) is 35.9 Å². The molecule has 3 rings (SSSR count). The molecule has 0 saturated carbocycles. The summed E-state index contributed by atoms with van der Waals surface area (Å²) < 4.78 is 13.2. The molecule has 0 amide bonds. The largest absolute Gasteiger partial charge is 0.493 e. The summed E-state index contributed by atoms with van der Waals surface area (Å²) in [6.45, 7) is 8.75. The molecule has 0 aliphatic carbocycles. The van der Waals surface area contributed by atoms with Gasteiger partial charge in [0.2, 0.25) is 0 Å². The zero-order valence-corrected chi connectivity index (χ0v) is 15.4. The van der Waals surface area contributed by atoms with Crippen molar-refractivity contribution in [2.45, 2.75) is 45.7 Å². The van der Waals surface area contributed by atoms with Crippen molar-refractivity contribution in [1.82, 2.24) is 19.7 Å². The monoisotopic (exact) mass is 344 g/mol. The van der Waals surface area contributed by atoms with E-state index in [2.05, 4.69) is 38.7 Å². The predicted octanol–water partition coefficient (Wildman–Crippen LogP) is 3.08. The number of piperidine rings is 1. The topological polar surface area (TPSA) is 52.4 Å². The Kier molecular flexibility index (Phi) is 5.91. The molecule has 1 unspecified atom stereocenters. The summed E-state index contributed by atoms with van der Waals surface area (Å²) in [6.07, 6.45) is 4.21. The SMILES string of the molecule is CCOc1cc(CN2CCCC(c3nncn3CC)C2)ccc1OC. The lowest BCUT2D eigenvalue weighted by atomic mass is 9.96. The van der Waals surface area contributed by atoms with Crippen LogP contribution in [0.3, 0.4) is 0 Å². The maximum absolute atomic E-state index is 5.70. The van der Waals surface area contributed by atoms with Crippen LogP contribution in [0.4, 0.5) is 0 Å². The highest BCUT2D eigenvalue weighted by atomic mass is 16.5. The molecule has 6 nitrogen and oxygen atoms in total. The van der Waals surface area contributed by atoms with Gasteiger partial charge >= 0.3 is 0 Å². The molecular formula is C19H28N4O2. The van der Waals surface area contributed by atoms with E-state index >= 15 is 0 Å². The Morgan fingerprint density at radius 3 is 2.88 bits per heavy atom. The summed E-state index contributed by atoms with van der Waals surface area (Å²) in [7, 11) is 1.68. The first-order valence-electron chi connectivity index (χ1n) is 9.14. The normalized spacial score (nSPS) is 18.3. The van der Waals surface area contributed by atoms with Gasteiger partial charge in [-0.15, -0.1) is 10.2 Å². The van der Waals surface area contributed by atoms with Crippen LogP contribution in [0.5, 0.6) is 11.5 Å². The molecule has 1 atom stereocenters. The van der Waals surface area contributed by atoms with E-state index in [0.717, 1.165) is 43.5 Å². The van der Waals surface area contributed by atoms with Gasteiger partial charge in [-0.25, -0.2) is 0 Å². The second-order valence-corrected chi connectivity index (χ2v) is 6.47. The summed E-state index contributed by atoms with van der Waals surface area (Å²) in [5, 5.41) is 8.46. The standard InChI is InChI=1S/C19H28N4O2/c1-4-23-14-20-21-19(23)16-7-6-10-22(13-16)12-15-8-9-17(24-3)18(11-15)25-5-2/h8-9,11,14,16H,4-7,10,12-13H2,1-3H3. The fourth-order valence-electron chi connectivity index (χ4n) is 3.58. The molecule has 0 N–H and O–H groups in total. The van der Waals surface area contributed by atoms with Crippen molar-refractivity contribution in [3.63, 3.8) is 0 Å². The van der Waals surface area contributed by atoms with Crippen molar-refractivity contribution in [3.8, 4) is 11.5 Å². The van der Waals surface area contributed by atoms with Crippen LogP contribution in [0.25, 0.3) is 0 Å². The predicted molar refractivity (Wildman–Crippen MR) is 97.1 cm³/mol. The Balaban J connectivity index is 1.69. The lowest BCUT2D eigenvalue weighted by molar-refractivity contribution is 0.194. The molecule has 1 aliphatic rings. The van der Waals surface area contributed by atoms with Crippen LogP contribution in [0.2, 0.25) is 0 Å². The van der Waals surface area contributed by atoms with Crippen molar-refractivity contribution >= 4 is 0 Å². The molecule has 0 bridgehead atoms. The molecule has 1 fully saturated rings. The van der Waals surface area contributed by atoms with E-state index in [1.165, 1.54) is 18.4 Å². The highest BCUT2D eigenvalue weighted by Gasteiger charge is 2.25. The number of hydrogen-bond acceptors (Lipinski definition) is 5. The van der Waals surface area contributed by atoms with Gasteiger partial charge in [-0.3, -0.25) is 4.90 Å². The minimum Gasteiger partial charge on any atom is -0.493 e. The van der Waals surface area contributed by atoms with Gasteiger partial charge in [0, 0.05) is 25.6 Å². The van der Waals surface area contributed by atoms with Crippen LogP contribution in [0, 0.1) is 0 Å². The van der Waals surface area contributed by atoms with E-state index in [-0.39, 0.29) is 0 Å². The Hall–Kier alpha value is -2.08. The first kappa shape index (κ1) is 17.7. The van der Waals surface area contributed by atoms with Gasteiger partial charge in [0.15, 0.2) is 11.5 Å². The third-order valence-electron chi connectivity index (χ3n) is 4.79. The Morgan fingerprint density at radius 1 is 1.24 bits per heavy atom. The van der Waals surface area contributed by atoms with E-state index in [1.807, 2.05) is 19.3 Å². The fraction of sp³-hybridized carbons (Fsp3) is 0.579. The molecule has 1 saturated heterocycles. The summed E-state index contributed by atoms with van der Waals surface area (Å²) in [5.41, 5.74) is 1.25. The minimum absolute atomic E-state index is 0.459. The maximum Gasteiger partial charge on any atom is 0.161 e. The van der Waals surface area contributed by atoms with Crippen LogP contribution in [-0.2, 0) is 13.1 Å². The molecule has 6 heteroatoms. The van der Waals surface area contributed by atoms with Gasteiger partial charge < -0.3 is 14.0 Å². The van der Waals surface area contributed by atoms with Crippen LogP contribution in [0.1, 0.15) is 44.0 Å². The van der Waals surface area contributed by atoms with Gasteiger partial charge in [-0.05, 0) is 50.9 Å². The number of aryl methyl sites for hydroxylation is 1. The molecule has 2 aromatic rings.